The van der Waals surface area contributed by atoms with Crippen LogP contribution in [0.4, 0.5) is 13.2 Å². The Morgan fingerprint density at radius 3 is 2.41 bits per heavy atom. The summed E-state index contributed by atoms with van der Waals surface area (Å²) in [5.41, 5.74) is 1.13. The Hall–Kier alpha value is -2.65. The first-order valence-electron chi connectivity index (χ1n) is 9.46. The van der Waals surface area contributed by atoms with Crippen molar-refractivity contribution in [2.24, 2.45) is 0 Å². The second-order valence-corrected chi connectivity index (χ2v) is 7.15. The van der Waals surface area contributed by atoms with Crippen LogP contribution in [0.1, 0.15) is 5.56 Å². The molecule has 9 heteroatoms. The average Bonchev–Trinajstić information content (AvgIpc) is 3.12. The SMILES string of the molecule is CN1CCN(CCOc2ccc3ncc(-c4ccc(C(F)(F)F)cc4)n3n2)CC1. The summed E-state index contributed by atoms with van der Waals surface area (Å²) >= 11 is 0. The van der Waals surface area contributed by atoms with Crippen LogP contribution in [0.5, 0.6) is 5.88 Å². The van der Waals surface area contributed by atoms with Crippen molar-refractivity contribution in [3.05, 3.63) is 48.2 Å². The number of benzene rings is 1. The van der Waals surface area contributed by atoms with E-state index in [9.17, 15) is 13.2 Å². The van der Waals surface area contributed by atoms with Gasteiger partial charge >= 0.3 is 6.18 Å². The van der Waals surface area contributed by atoms with Gasteiger partial charge in [-0.3, -0.25) is 4.90 Å². The largest absolute Gasteiger partial charge is 0.475 e. The van der Waals surface area contributed by atoms with Gasteiger partial charge in [0.2, 0.25) is 5.88 Å². The minimum Gasteiger partial charge on any atom is -0.475 e. The van der Waals surface area contributed by atoms with Crippen LogP contribution in [0.15, 0.2) is 42.6 Å². The van der Waals surface area contributed by atoms with E-state index in [1.165, 1.54) is 12.1 Å². The average molecular weight is 405 g/mol. The van der Waals surface area contributed by atoms with E-state index in [2.05, 4.69) is 26.9 Å². The molecule has 4 rings (SSSR count). The van der Waals surface area contributed by atoms with E-state index in [1.54, 1.807) is 22.8 Å². The number of piperazine rings is 1. The van der Waals surface area contributed by atoms with Gasteiger partial charge in [-0.05, 0) is 25.2 Å². The Kier molecular flexibility index (Phi) is 5.42. The number of nitrogens with zero attached hydrogens (tertiary/aromatic N) is 5. The zero-order chi connectivity index (χ0) is 20.4. The molecule has 3 aromatic rings. The van der Waals surface area contributed by atoms with Gasteiger partial charge in [-0.1, -0.05) is 12.1 Å². The van der Waals surface area contributed by atoms with Crippen LogP contribution in [0.25, 0.3) is 16.9 Å². The third-order valence-electron chi connectivity index (χ3n) is 5.10. The molecule has 0 unspecified atom stereocenters. The van der Waals surface area contributed by atoms with Gasteiger partial charge in [0.25, 0.3) is 0 Å². The fourth-order valence-electron chi connectivity index (χ4n) is 3.31. The number of rotatable bonds is 5. The molecule has 0 radical (unpaired) electrons. The highest BCUT2D eigenvalue weighted by molar-refractivity contribution is 5.63. The number of halogens is 3. The normalized spacial score (nSPS) is 16.4. The van der Waals surface area contributed by atoms with Crippen LogP contribution in [0.2, 0.25) is 0 Å². The van der Waals surface area contributed by atoms with Crippen molar-refractivity contribution in [1.29, 1.82) is 0 Å². The van der Waals surface area contributed by atoms with E-state index in [1.807, 2.05) is 0 Å². The van der Waals surface area contributed by atoms with E-state index in [0.29, 0.717) is 29.4 Å². The third-order valence-corrected chi connectivity index (χ3v) is 5.10. The number of fused-ring (bicyclic) bond motifs is 1. The van der Waals surface area contributed by atoms with Crippen LogP contribution in [-0.4, -0.2) is 70.8 Å². The van der Waals surface area contributed by atoms with Gasteiger partial charge < -0.3 is 9.64 Å². The highest BCUT2D eigenvalue weighted by Crippen LogP contribution is 2.31. The quantitative estimate of drug-likeness (QED) is 0.653. The molecule has 0 spiro atoms. The van der Waals surface area contributed by atoms with Gasteiger partial charge in [-0.2, -0.15) is 13.2 Å². The molecule has 154 valence electrons. The van der Waals surface area contributed by atoms with E-state index in [-0.39, 0.29) is 0 Å². The molecular formula is C20H22F3N5O. The van der Waals surface area contributed by atoms with Gasteiger partial charge in [-0.15, -0.1) is 5.10 Å². The predicted octanol–water partition coefficient (Wildman–Crippen LogP) is 3.04. The lowest BCUT2D eigenvalue weighted by Gasteiger charge is -2.32. The molecule has 6 nitrogen and oxygen atoms in total. The number of likely N-dealkylation sites (N-methyl/N-ethyl adjacent to an activating group) is 1. The molecule has 0 saturated carbocycles. The molecule has 0 bridgehead atoms. The number of hydrogen-bond donors (Lipinski definition) is 0. The first-order valence-corrected chi connectivity index (χ1v) is 9.46. The Morgan fingerprint density at radius 1 is 1.00 bits per heavy atom. The van der Waals surface area contributed by atoms with Crippen LogP contribution in [-0.2, 0) is 6.18 Å². The van der Waals surface area contributed by atoms with E-state index in [4.69, 9.17) is 4.74 Å². The molecule has 2 aromatic heterocycles. The molecule has 0 amide bonds. The minimum absolute atomic E-state index is 0.456. The number of imidazole rings is 1. The van der Waals surface area contributed by atoms with Crippen molar-refractivity contribution in [3.8, 4) is 17.1 Å². The van der Waals surface area contributed by atoms with E-state index < -0.39 is 11.7 Å². The van der Waals surface area contributed by atoms with Gasteiger partial charge in [-0.25, -0.2) is 9.50 Å². The van der Waals surface area contributed by atoms with E-state index >= 15 is 0 Å². The van der Waals surface area contributed by atoms with E-state index in [0.717, 1.165) is 44.9 Å². The second kappa shape index (κ2) is 8.00. The molecular weight excluding hydrogens is 383 g/mol. The Labute approximate surface area is 166 Å². The molecule has 0 N–H and O–H groups in total. The molecule has 1 aromatic carbocycles. The molecule has 29 heavy (non-hydrogen) atoms. The number of alkyl halides is 3. The number of ether oxygens (including phenoxy) is 1. The smallest absolute Gasteiger partial charge is 0.416 e. The maximum absolute atomic E-state index is 12.8. The Balaban J connectivity index is 1.46. The maximum atomic E-state index is 12.8. The van der Waals surface area contributed by atoms with Crippen molar-refractivity contribution in [2.45, 2.75) is 6.18 Å². The standard InChI is InChI=1S/C20H22F3N5O/c1-26-8-10-27(11-9-26)12-13-29-19-7-6-18-24-14-17(28(18)25-19)15-2-4-16(5-3-15)20(21,22)23/h2-7,14H,8-13H2,1H3. The first kappa shape index (κ1) is 19.7. The molecule has 1 aliphatic rings. The molecule has 0 aliphatic carbocycles. The number of aromatic nitrogens is 3. The summed E-state index contributed by atoms with van der Waals surface area (Å²) in [7, 11) is 2.12. The van der Waals surface area contributed by atoms with Crippen molar-refractivity contribution in [3.63, 3.8) is 0 Å². The van der Waals surface area contributed by atoms with Gasteiger partial charge in [0.05, 0.1) is 17.5 Å². The second-order valence-electron chi connectivity index (χ2n) is 7.15. The highest BCUT2D eigenvalue weighted by Gasteiger charge is 2.30. The summed E-state index contributed by atoms with van der Waals surface area (Å²) in [6.07, 6.45) is -2.76. The lowest BCUT2D eigenvalue weighted by molar-refractivity contribution is -0.137. The van der Waals surface area contributed by atoms with Gasteiger partial charge in [0.1, 0.15) is 6.61 Å². The van der Waals surface area contributed by atoms with Crippen molar-refractivity contribution in [2.75, 3.05) is 46.4 Å². The molecule has 1 aliphatic heterocycles. The molecule has 1 fully saturated rings. The summed E-state index contributed by atoms with van der Waals surface area (Å²) < 4.78 is 45.8. The van der Waals surface area contributed by atoms with Gasteiger partial charge in [0, 0.05) is 44.4 Å². The van der Waals surface area contributed by atoms with Crippen LogP contribution < -0.4 is 4.74 Å². The minimum atomic E-state index is -4.36. The zero-order valence-electron chi connectivity index (χ0n) is 16.1. The van der Waals surface area contributed by atoms with Crippen LogP contribution >= 0.6 is 0 Å². The number of hydrogen-bond acceptors (Lipinski definition) is 5. The lowest BCUT2D eigenvalue weighted by atomic mass is 10.1. The van der Waals surface area contributed by atoms with Crippen molar-refractivity contribution >= 4 is 5.65 Å². The highest BCUT2D eigenvalue weighted by atomic mass is 19.4. The summed E-state index contributed by atoms with van der Waals surface area (Å²) in [6, 6.07) is 8.51. The summed E-state index contributed by atoms with van der Waals surface area (Å²) in [5, 5.41) is 4.46. The summed E-state index contributed by atoms with van der Waals surface area (Å²) in [5.74, 6) is 0.456. The maximum Gasteiger partial charge on any atom is 0.416 e. The molecule has 0 atom stereocenters. The third kappa shape index (κ3) is 4.51. The van der Waals surface area contributed by atoms with Crippen LogP contribution in [0, 0.1) is 0 Å². The molecule has 3 heterocycles. The predicted molar refractivity (Wildman–Crippen MR) is 103 cm³/mol. The topological polar surface area (TPSA) is 45.9 Å². The van der Waals surface area contributed by atoms with Crippen LogP contribution in [0.3, 0.4) is 0 Å². The fraction of sp³-hybridized carbons (Fsp3) is 0.400. The van der Waals surface area contributed by atoms with Gasteiger partial charge in [0.15, 0.2) is 5.65 Å². The zero-order valence-corrected chi connectivity index (χ0v) is 16.1. The summed E-state index contributed by atoms with van der Waals surface area (Å²) in [6.45, 7) is 5.49. The summed E-state index contributed by atoms with van der Waals surface area (Å²) in [4.78, 5) is 8.93. The Morgan fingerprint density at radius 2 is 1.72 bits per heavy atom. The molecule has 1 saturated heterocycles. The monoisotopic (exact) mass is 405 g/mol. The van der Waals surface area contributed by atoms with Crippen molar-refractivity contribution in [1.82, 2.24) is 24.4 Å². The fourth-order valence-corrected chi connectivity index (χ4v) is 3.31. The first-order chi connectivity index (χ1) is 13.9. The lowest BCUT2D eigenvalue weighted by Crippen LogP contribution is -2.45. The van der Waals surface area contributed by atoms with Crippen molar-refractivity contribution < 1.29 is 17.9 Å². The Bertz CT molecular complexity index is 962.